The molecule has 0 spiro atoms. The number of carbonyl (C=O) groups is 1. The summed E-state index contributed by atoms with van der Waals surface area (Å²) in [6.07, 6.45) is 3.09. The van der Waals surface area contributed by atoms with Crippen LogP contribution in [0.15, 0.2) is 35.0 Å². The summed E-state index contributed by atoms with van der Waals surface area (Å²) < 4.78 is 25.2. The lowest BCUT2D eigenvalue weighted by Crippen LogP contribution is -2.12. The van der Waals surface area contributed by atoms with Crippen LogP contribution in [0.3, 0.4) is 0 Å². The summed E-state index contributed by atoms with van der Waals surface area (Å²) >= 11 is 0. The van der Waals surface area contributed by atoms with E-state index in [-0.39, 0.29) is 5.56 Å². The fraction of sp³-hybridized carbons (Fsp3) is 0.176. The number of primary amides is 1. The lowest BCUT2D eigenvalue weighted by atomic mass is 9.97. The number of amides is 1. The van der Waals surface area contributed by atoms with E-state index in [0.29, 0.717) is 40.0 Å². The summed E-state index contributed by atoms with van der Waals surface area (Å²) in [5, 5.41) is 0.457. The number of pyridine rings is 1. The van der Waals surface area contributed by atoms with Crippen LogP contribution in [0.1, 0.15) is 23.0 Å². The number of furan rings is 1. The van der Waals surface area contributed by atoms with Crippen LogP contribution >= 0.6 is 0 Å². The van der Waals surface area contributed by atoms with Gasteiger partial charge in [0.15, 0.2) is 11.3 Å². The number of methoxy groups -OCH3 is 1. The molecular weight excluding hydrogens is 299 g/mol. The number of nitrogens with two attached hydrogens (primary N) is 1. The van der Waals surface area contributed by atoms with Crippen molar-refractivity contribution in [2.75, 3.05) is 7.11 Å². The van der Waals surface area contributed by atoms with Crippen molar-refractivity contribution in [2.45, 2.75) is 13.3 Å². The van der Waals surface area contributed by atoms with Gasteiger partial charge in [0.05, 0.1) is 18.9 Å². The SMILES string of the molecule is CCc1oc2c(OC)ccc(-c3ccncc3F)c2c1C(N)=O. The molecule has 0 aliphatic rings. The number of aromatic nitrogens is 1. The molecule has 0 aliphatic heterocycles. The third-order valence-electron chi connectivity index (χ3n) is 3.73. The first-order chi connectivity index (χ1) is 11.1. The summed E-state index contributed by atoms with van der Waals surface area (Å²) in [5.74, 6) is -0.202. The number of halogens is 1. The van der Waals surface area contributed by atoms with Crippen LogP contribution < -0.4 is 10.5 Å². The molecule has 0 radical (unpaired) electrons. The van der Waals surface area contributed by atoms with Crippen LogP contribution in [-0.2, 0) is 6.42 Å². The van der Waals surface area contributed by atoms with Gasteiger partial charge in [-0.3, -0.25) is 9.78 Å². The van der Waals surface area contributed by atoms with E-state index >= 15 is 0 Å². The highest BCUT2D eigenvalue weighted by Crippen LogP contribution is 2.40. The molecule has 0 aliphatic carbocycles. The minimum atomic E-state index is -0.621. The molecule has 3 rings (SSSR count). The second kappa shape index (κ2) is 5.72. The number of hydrogen-bond acceptors (Lipinski definition) is 4. The summed E-state index contributed by atoms with van der Waals surface area (Å²) in [6.45, 7) is 1.85. The van der Waals surface area contributed by atoms with Crippen LogP contribution in [0.5, 0.6) is 5.75 Å². The molecule has 6 heteroatoms. The van der Waals surface area contributed by atoms with Gasteiger partial charge in [-0.15, -0.1) is 0 Å². The number of aryl methyl sites for hydroxylation is 1. The van der Waals surface area contributed by atoms with Gasteiger partial charge < -0.3 is 14.9 Å². The summed E-state index contributed by atoms with van der Waals surface area (Å²) in [6, 6.07) is 4.90. The molecule has 0 atom stereocenters. The molecule has 0 unspecified atom stereocenters. The number of hydrogen-bond donors (Lipinski definition) is 1. The van der Waals surface area contributed by atoms with Crippen LogP contribution in [0.2, 0.25) is 0 Å². The second-order valence-corrected chi connectivity index (χ2v) is 4.99. The molecular formula is C17H15FN2O3. The monoisotopic (exact) mass is 314 g/mol. The number of benzene rings is 1. The van der Waals surface area contributed by atoms with Crippen LogP contribution in [0.25, 0.3) is 22.1 Å². The molecule has 23 heavy (non-hydrogen) atoms. The second-order valence-electron chi connectivity index (χ2n) is 4.99. The first-order valence-electron chi connectivity index (χ1n) is 7.10. The van der Waals surface area contributed by atoms with Gasteiger partial charge in [0.25, 0.3) is 5.91 Å². The molecule has 1 amide bonds. The zero-order valence-corrected chi connectivity index (χ0v) is 12.7. The van der Waals surface area contributed by atoms with E-state index in [1.807, 2.05) is 6.92 Å². The fourth-order valence-electron chi connectivity index (χ4n) is 2.72. The highest BCUT2D eigenvalue weighted by molar-refractivity contribution is 6.13. The number of ether oxygens (including phenoxy) is 1. The van der Waals surface area contributed by atoms with Crippen LogP contribution in [-0.4, -0.2) is 18.0 Å². The minimum Gasteiger partial charge on any atom is -0.493 e. The highest BCUT2D eigenvalue weighted by atomic mass is 19.1. The van der Waals surface area contributed by atoms with Crippen molar-refractivity contribution in [2.24, 2.45) is 5.73 Å². The Balaban J connectivity index is 2.46. The topological polar surface area (TPSA) is 78.3 Å². The zero-order valence-electron chi connectivity index (χ0n) is 12.7. The molecule has 2 aromatic heterocycles. The van der Waals surface area contributed by atoms with E-state index in [0.717, 1.165) is 6.20 Å². The molecule has 5 nitrogen and oxygen atoms in total. The van der Waals surface area contributed by atoms with E-state index in [1.54, 1.807) is 18.2 Å². The van der Waals surface area contributed by atoms with Crippen molar-refractivity contribution in [1.29, 1.82) is 0 Å². The molecule has 3 aromatic rings. The van der Waals surface area contributed by atoms with Crippen molar-refractivity contribution in [3.63, 3.8) is 0 Å². The van der Waals surface area contributed by atoms with E-state index in [9.17, 15) is 9.18 Å². The Morgan fingerprint density at radius 1 is 1.35 bits per heavy atom. The fourth-order valence-corrected chi connectivity index (χ4v) is 2.72. The van der Waals surface area contributed by atoms with Crippen molar-refractivity contribution in [3.8, 4) is 16.9 Å². The molecule has 118 valence electrons. The first-order valence-corrected chi connectivity index (χ1v) is 7.10. The number of fused-ring (bicyclic) bond motifs is 1. The maximum Gasteiger partial charge on any atom is 0.252 e. The summed E-state index contributed by atoms with van der Waals surface area (Å²) in [4.78, 5) is 15.7. The van der Waals surface area contributed by atoms with Gasteiger partial charge in [0.2, 0.25) is 0 Å². The maximum atomic E-state index is 14.2. The van der Waals surface area contributed by atoms with Gasteiger partial charge in [-0.2, -0.15) is 0 Å². The van der Waals surface area contributed by atoms with Crippen molar-refractivity contribution >= 4 is 16.9 Å². The number of carbonyl (C=O) groups excluding carboxylic acids is 1. The van der Waals surface area contributed by atoms with E-state index in [1.165, 1.54) is 13.3 Å². The molecule has 0 saturated heterocycles. The Morgan fingerprint density at radius 3 is 2.74 bits per heavy atom. The summed E-state index contributed by atoms with van der Waals surface area (Å²) in [5.41, 5.74) is 7.00. The molecule has 0 fully saturated rings. The number of nitrogens with zero attached hydrogens (tertiary/aromatic N) is 1. The third kappa shape index (κ3) is 2.32. The Morgan fingerprint density at radius 2 is 2.13 bits per heavy atom. The smallest absolute Gasteiger partial charge is 0.252 e. The van der Waals surface area contributed by atoms with Crippen LogP contribution in [0, 0.1) is 5.82 Å². The summed E-state index contributed by atoms with van der Waals surface area (Å²) in [7, 11) is 1.50. The molecule has 2 N–H and O–H groups in total. The Hall–Kier alpha value is -2.89. The van der Waals surface area contributed by atoms with Crippen LogP contribution in [0.4, 0.5) is 4.39 Å². The minimum absolute atomic E-state index is 0.257. The van der Waals surface area contributed by atoms with E-state index in [4.69, 9.17) is 14.9 Å². The van der Waals surface area contributed by atoms with Gasteiger partial charge in [0.1, 0.15) is 11.6 Å². The Kier molecular flexibility index (Phi) is 3.73. The van der Waals surface area contributed by atoms with Gasteiger partial charge in [-0.25, -0.2) is 4.39 Å². The molecule has 1 aromatic carbocycles. The lowest BCUT2D eigenvalue weighted by Gasteiger charge is -2.08. The highest BCUT2D eigenvalue weighted by Gasteiger charge is 2.24. The quantitative estimate of drug-likeness (QED) is 0.801. The standard InChI is InChI=1S/C17H15FN2O3/c1-3-12-15(17(19)21)14-10(9-6-7-20-8-11(9)18)4-5-13(22-2)16(14)23-12/h4-8H,3H2,1-2H3,(H2,19,21). The van der Waals surface area contributed by atoms with E-state index in [2.05, 4.69) is 4.98 Å². The maximum absolute atomic E-state index is 14.2. The molecule has 2 heterocycles. The average Bonchev–Trinajstić information content (AvgIpc) is 2.94. The Bertz CT molecular complexity index is 902. The van der Waals surface area contributed by atoms with Gasteiger partial charge >= 0.3 is 0 Å². The van der Waals surface area contributed by atoms with Crippen molar-refractivity contribution in [3.05, 3.63) is 47.7 Å². The molecule has 0 saturated carbocycles. The number of rotatable bonds is 4. The van der Waals surface area contributed by atoms with Crippen molar-refractivity contribution < 1.29 is 18.3 Å². The normalized spacial score (nSPS) is 10.9. The van der Waals surface area contributed by atoms with Gasteiger partial charge in [-0.05, 0) is 23.8 Å². The Labute approximate surface area is 131 Å². The van der Waals surface area contributed by atoms with Gasteiger partial charge in [0, 0.05) is 23.6 Å². The van der Waals surface area contributed by atoms with Crippen molar-refractivity contribution in [1.82, 2.24) is 4.98 Å². The lowest BCUT2D eigenvalue weighted by molar-refractivity contribution is 0.1000. The van der Waals surface area contributed by atoms with Gasteiger partial charge in [-0.1, -0.05) is 6.92 Å². The zero-order chi connectivity index (χ0) is 16.6. The predicted molar refractivity (Wildman–Crippen MR) is 83.9 cm³/mol. The largest absolute Gasteiger partial charge is 0.493 e. The van der Waals surface area contributed by atoms with E-state index < -0.39 is 11.7 Å². The third-order valence-corrected chi connectivity index (χ3v) is 3.73. The average molecular weight is 314 g/mol. The predicted octanol–water partition coefficient (Wildman–Crippen LogP) is 3.30. The first kappa shape index (κ1) is 15.0. The molecule has 0 bridgehead atoms.